The Morgan fingerprint density at radius 2 is 1.73 bits per heavy atom. The molecule has 2 N–H and O–H groups in total. The van der Waals surface area contributed by atoms with Gasteiger partial charge in [0.15, 0.2) is 0 Å². The Bertz CT molecular complexity index is 837. The quantitative estimate of drug-likeness (QED) is 0.567. The van der Waals surface area contributed by atoms with Crippen LogP contribution in [0.2, 0.25) is 0 Å². The summed E-state index contributed by atoms with van der Waals surface area (Å²) in [5, 5.41) is 5.20. The van der Waals surface area contributed by atoms with Gasteiger partial charge < -0.3 is 15.4 Å². The molecule has 30 heavy (non-hydrogen) atoms. The van der Waals surface area contributed by atoms with Crippen LogP contribution in [0.4, 0.5) is 0 Å². The van der Waals surface area contributed by atoms with Gasteiger partial charge in [0.25, 0.3) is 0 Å². The number of amides is 2. The predicted octanol–water partition coefficient (Wildman–Crippen LogP) is -0.287. The van der Waals surface area contributed by atoms with Crippen LogP contribution in [0.5, 0.6) is 0 Å². The van der Waals surface area contributed by atoms with E-state index in [1.165, 1.54) is 4.31 Å². The summed E-state index contributed by atoms with van der Waals surface area (Å²) in [7, 11) is -3.63. The molecule has 1 aromatic carbocycles. The standard InChI is InChI=1S/C20H30N4O5S/c1-16-4-6-18(7-5-16)30(27,28)24-9-2-3-17(24)15-22-20(26)19(25)21-8-10-23-11-13-29-14-12-23/h4-7,17H,2-3,8-15H2,1H3,(H,21,25)(H,22,26)/t17-/m1/s1. The van der Waals surface area contributed by atoms with E-state index in [9.17, 15) is 18.0 Å². The van der Waals surface area contributed by atoms with Crippen molar-refractivity contribution in [2.75, 3.05) is 52.5 Å². The minimum absolute atomic E-state index is 0.112. The number of sulfonamides is 1. The Hall–Kier alpha value is -2.01. The van der Waals surface area contributed by atoms with Crippen molar-refractivity contribution < 1.29 is 22.7 Å². The molecule has 166 valence electrons. The topological polar surface area (TPSA) is 108 Å². The Morgan fingerprint density at radius 1 is 1.07 bits per heavy atom. The molecule has 1 aromatic rings. The summed E-state index contributed by atoms with van der Waals surface area (Å²) in [5.74, 6) is -1.44. The summed E-state index contributed by atoms with van der Waals surface area (Å²) >= 11 is 0. The Morgan fingerprint density at radius 3 is 2.43 bits per heavy atom. The van der Waals surface area contributed by atoms with Gasteiger partial charge >= 0.3 is 11.8 Å². The van der Waals surface area contributed by atoms with Gasteiger partial charge in [0.2, 0.25) is 10.0 Å². The third-order valence-electron chi connectivity index (χ3n) is 5.47. The first-order chi connectivity index (χ1) is 14.4. The highest BCUT2D eigenvalue weighted by molar-refractivity contribution is 7.89. The molecule has 0 aliphatic carbocycles. The second-order valence-corrected chi connectivity index (χ2v) is 9.54. The van der Waals surface area contributed by atoms with Crippen molar-refractivity contribution >= 4 is 21.8 Å². The van der Waals surface area contributed by atoms with E-state index in [2.05, 4.69) is 15.5 Å². The highest BCUT2D eigenvalue weighted by Gasteiger charge is 2.35. The lowest BCUT2D eigenvalue weighted by Crippen LogP contribution is -2.48. The predicted molar refractivity (Wildman–Crippen MR) is 111 cm³/mol. The summed E-state index contributed by atoms with van der Waals surface area (Å²) < 4.78 is 32.6. The molecule has 9 nitrogen and oxygen atoms in total. The molecule has 0 radical (unpaired) electrons. The molecule has 2 aliphatic heterocycles. The van der Waals surface area contributed by atoms with Crippen LogP contribution < -0.4 is 10.6 Å². The fourth-order valence-electron chi connectivity index (χ4n) is 3.70. The summed E-state index contributed by atoms with van der Waals surface area (Å²) in [6.07, 6.45) is 1.36. The molecule has 0 unspecified atom stereocenters. The van der Waals surface area contributed by atoms with Gasteiger partial charge in [0, 0.05) is 45.3 Å². The molecule has 0 spiro atoms. The largest absolute Gasteiger partial charge is 0.379 e. The smallest absolute Gasteiger partial charge is 0.309 e. The number of benzene rings is 1. The number of carbonyl (C=O) groups is 2. The maximum atomic E-state index is 12.9. The molecular formula is C20H30N4O5S. The van der Waals surface area contributed by atoms with Gasteiger partial charge in [-0.05, 0) is 31.9 Å². The molecule has 1 atom stereocenters. The highest BCUT2D eigenvalue weighted by Crippen LogP contribution is 2.25. The molecule has 2 saturated heterocycles. The van der Waals surface area contributed by atoms with Crippen molar-refractivity contribution in [1.82, 2.24) is 19.8 Å². The summed E-state index contributed by atoms with van der Waals surface area (Å²) in [6.45, 7) is 6.44. The number of hydrogen-bond donors (Lipinski definition) is 2. The zero-order valence-corrected chi connectivity index (χ0v) is 18.1. The van der Waals surface area contributed by atoms with Gasteiger partial charge in [-0.3, -0.25) is 14.5 Å². The van der Waals surface area contributed by atoms with Crippen molar-refractivity contribution in [3.05, 3.63) is 29.8 Å². The fraction of sp³-hybridized carbons (Fsp3) is 0.600. The normalized spacial score (nSPS) is 20.8. The van der Waals surface area contributed by atoms with E-state index >= 15 is 0 Å². The number of ether oxygens (including phenoxy) is 1. The average Bonchev–Trinajstić information content (AvgIpc) is 3.22. The Labute approximate surface area is 177 Å². The number of morpholine rings is 1. The van der Waals surface area contributed by atoms with Crippen molar-refractivity contribution in [3.63, 3.8) is 0 Å². The lowest BCUT2D eigenvalue weighted by molar-refractivity contribution is -0.139. The van der Waals surface area contributed by atoms with Crippen LogP contribution in [0.15, 0.2) is 29.2 Å². The summed E-state index contributed by atoms with van der Waals surface area (Å²) in [6, 6.07) is 6.37. The van der Waals surface area contributed by atoms with Crippen molar-refractivity contribution in [1.29, 1.82) is 0 Å². The Kier molecular flexibility index (Phi) is 7.81. The molecule has 2 aliphatic rings. The molecule has 2 amide bonds. The first-order valence-electron chi connectivity index (χ1n) is 10.3. The molecule has 3 rings (SSSR count). The van der Waals surface area contributed by atoms with E-state index in [4.69, 9.17) is 4.74 Å². The van der Waals surface area contributed by atoms with E-state index in [-0.39, 0.29) is 17.5 Å². The third kappa shape index (κ3) is 5.78. The maximum Gasteiger partial charge on any atom is 0.309 e. The van der Waals surface area contributed by atoms with Gasteiger partial charge in [0.05, 0.1) is 18.1 Å². The first kappa shape index (κ1) is 22.7. The van der Waals surface area contributed by atoms with Crippen LogP contribution >= 0.6 is 0 Å². The van der Waals surface area contributed by atoms with Gasteiger partial charge in [0.1, 0.15) is 0 Å². The first-order valence-corrected chi connectivity index (χ1v) is 11.8. The number of aryl methyl sites for hydroxylation is 1. The SMILES string of the molecule is Cc1ccc(S(=O)(=O)N2CCC[C@@H]2CNC(=O)C(=O)NCCN2CCOCC2)cc1. The zero-order chi connectivity index (χ0) is 21.6. The lowest BCUT2D eigenvalue weighted by atomic mass is 10.2. The van der Waals surface area contributed by atoms with E-state index < -0.39 is 21.8 Å². The van der Waals surface area contributed by atoms with Crippen LogP contribution in [0, 0.1) is 6.92 Å². The van der Waals surface area contributed by atoms with Crippen LogP contribution in [0.1, 0.15) is 18.4 Å². The summed E-state index contributed by atoms with van der Waals surface area (Å²) in [5.41, 5.74) is 0.985. The van der Waals surface area contributed by atoms with Crippen LogP contribution in [-0.4, -0.2) is 88.0 Å². The number of nitrogens with one attached hydrogen (secondary N) is 2. The number of carbonyl (C=O) groups excluding carboxylic acids is 2. The molecule has 0 bridgehead atoms. The van der Waals surface area contributed by atoms with Crippen LogP contribution in [0.25, 0.3) is 0 Å². The lowest BCUT2D eigenvalue weighted by Gasteiger charge is -2.26. The van der Waals surface area contributed by atoms with Gasteiger partial charge in [-0.1, -0.05) is 17.7 Å². The minimum atomic E-state index is -3.63. The van der Waals surface area contributed by atoms with E-state index in [1.807, 2.05) is 6.92 Å². The fourth-order valence-corrected chi connectivity index (χ4v) is 5.39. The maximum absolute atomic E-state index is 12.9. The number of rotatable bonds is 7. The highest BCUT2D eigenvalue weighted by atomic mass is 32.2. The van der Waals surface area contributed by atoms with E-state index in [0.717, 1.165) is 25.1 Å². The van der Waals surface area contributed by atoms with Crippen molar-refractivity contribution in [2.45, 2.75) is 30.7 Å². The van der Waals surface area contributed by atoms with Crippen LogP contribution in [-0.2, 0) is 24.3 Å². The molecule has 0 saturated carbocycles. The van der Waals surface area contributed by atoms with Crippen LogP contribution in [0.3, 0.4) is 0 Å². The van der Waals surface area contributed by atoms with Crippen molar-refractivity contribution in [2.24, 2.45) is 0 Å². The molecule has 2 heterocycles. The monoisotopic (exact) mass is 438 g/mol. The molecule has 0 aromatic heterocycles. The van der Waals surface area contributed by atoms with E-state index in [1.54, 1.807) is 24.3 Å². The second kappa shape index (κ2) is 10.3. The number of nitrogens with zero attached hydrogens (tertiary/aromatic N) is 2. The Balaban J connectivity index is 1.47. The zero-order valence-electron chi connectivity index (χ0n) is 17.3. The van der Waals surface area contributed by atoms with Gasteiger partial charge in [-0.15, -0.1) is 0 Å². The molecule has 10 heteroatoms. The third-order valence-corrected chi connectivity index (χ3v) is 7.44. The average molecular weight is 439 g/mol. The second-order valence-electron chi connectivity index (χ2n) is 7.64. The number of hydrogen-bond acceptors (Lipinski definition) is 6. The van der Waals surface area contributed by atoms with Crippen molar-refractivity contribution in [3.8, 4) is 0 Å². The molecular weight excluding hydrogens is 408 g/mol. The summed E-state index contributed by atoms with van der Waals surface area (Å²) in [4.78, 5) is 26.5. The molecule has 2 fully saturated rings. The van der Waals surface area contributed by atoms with E-state index in [0.29, 0.717) is 39.3 Å². The minimum Gasteiger partial charge on any atom is -0.379 e. The van der Waals surface area contributed by atoms with Gasteiger partial charge in [-0.2, -0.15) is 4.31 Å². The van der Waals surface area contributed by atoms with Gasteiger partial charge in [-0.25, -0.2) is 8.42 Å².